The molecule has 1 aliphatic carbocycles. The van der Waals surface area contributed by atoms with E-state index in [-0.39, 0.29) is 0 Å². The number of halogens is 1. The first-order valence-electron chi connectivity index (χ1n) is 4.17. The molecule has 1 heterocycles. The minimum Gasteiger partial charge on any atom is -0.234 e. The second kappa shape index (κ2) is 2.55. The van der Waals surface area contributed by atoms with Gasteiger partial charge in [-0.1, -0.05) is 20.8 Å². The first-order chi connectivity index (χ1) is 5.50. The molecule has 0 aromatic carbocycles. The monoisotopic (exact) mass is 245 g/mol. The highest BCUT2D eigenvalue weighted by Gasteiger charge is 2.37. The molecule has 0 saturated heterocycles. The molecule has 3 heteroatoms. The van der Waals surface area contributed by atoms with Crippen LogP contribution in [0, 0.1) is 0 Å². The van der Waals surface area contributed by atoms with Crippen LogP contribution >= 0.6 is 27.3 Å². The van der Waals surface area contributed by atoms with Gasteiger partial charge in [-0.2, -0.15) is 0 Å². The molecule has 2 rings (SSSR count). The van der Waals surface area contributed by atoms with Crippen LogP contribution in [0.25, 0.3) is 0 Å². The minimum absolute atomic E-state index is 0.346. The van der Waals surface area contributed by atoms with Crippen molar-refractivity contribution < 1.29 is 0 Å². The molecule has 0 bridgehead atoms. The van der Waals surface area contributed by atoms with Crippen LogP contribution in [0.5, 0.6) is 0 Å². The highest BCUT2D eigenvalue weighted by Crippen LogP contribution is 2.48. The summed E-state index contributed by atoms with van der Waals surface area (Å²) in [5.74, 6) is 0.637. The summed E-state index contributed by atoms with van der Waals surface area (Å²) in [6, 6.07) is 0. The third-order valence-corrected chi connectivity index (χ3v) is 4.41. The molecule has 1 nitrogen and oxygen atoms in total. The first kappa shape index (κ1) is 8.70. The van der Waals surface area contributed by atoms with Crippen molar-refractivity contribution in [1.82, 2.24) is 4.98 Å². The second-order valence-corrected chi connectivity index (χ2v) is 6.45. The van der Waals surface area contributed by atoms with E-state index in [0.29, 0.717) is 11.3 Å². The summed E-state index contributed by atoms with van der Waals surface area (Å²) in [6.07, 6.45) is 1.24. The average Bonchev–Trinajstić information content (AvgIpc) is 2.37. The second-order valence-electron chi connectivity index (χ2n) is 4.17. The number of thiazole rings is 1. The van der Waals surface area contributed by atoms with Gasteiger partial charge in [-0.05, 0) is 22.4 Å². The molecule has 1 aromatic rings. The maximum absolute atomic E-state index is 4.50. The molecule has 1 aliphatic rings. The summed E-state index contributed by atoms with van der Waals surface area (Å²) in [7, 11) is 0. The third-order valence-electron chi connectivity index (χ3n) is 2.53. The van der Waals surface area contributed by atoms with E-state index in [1.165, 1.54) is 17.0 Å². The number of rotatable bonds is 0. The summed E-state index contributed by atoms with van der Waals surface area (Å²) in [5.41, 5.74) is 1.66. The molecule has 0 radical (unpaired) electrons. The van der Waals surface area contributed by atoms with Gasteiger partial charge in [-0.3, -0.25) is 0 Å². The molecule has 0 N–H and O–H groups in total. The standard InChI is InChI=1S/C9H12BrNS/c1-5-4-9(2,3)7-6(5)11-8(10)12-7/h5H,4H2,1-3H3. The molecule has 0 aliphatic heterocycles. The van der Waals surface area contributed by atoms with Crippen LogP contribution in [0.2, 0.25) is 0 Å². The van der Waals surface area contributed by atoms with Gasteiger partial charge in [0.1, 0.15) is 0 Å². The predicted octanol–water partition coefficient (Wildman–Crippen LogP) is 3.69. The molecule has 1 atom stereocenters. The zero-order valence-electron chi connectivity index (χ0n) is 7.52. The van der Waals surface area contributed by atoms with E-state index in [0.717, 1.165) is 3.92 Å². The molecule has 1 aromatic heterocycles. The largest absolute Gasteiger partial charge is 0.234 e. The van der Waals surface area contributed by atoms with Crippen LogP contribution in [-0.2, 0) is 5.41 Å². The lowest BCUT2D eigenvalue weighted by Crippen LogP contribution is -2.10. The Labute approximate surface area is 85.3 Å². The Hall–Kier alpha value is 0.110. The summed E-state index contributed by atoms with van der Waals surface area (Å²) >= 11 is 5.24. The van der Waals surface area contributed by atoms with E-state index >= 15 is 0 Å². The Balaban J connectivity index is 2.56. The predicted molar refractivity (Wildman–Crippen MR) is 55.9 cm³/mol. The fourth-order valence-electron chi connectivity index (χ4n) is 2.08. The van der Waals surface area contributed by atoms with Gasteiger partial charge in [0.2, 0.25) is 0 Å². The minimum atomic E-state index is 0.346. The smallest absolute Gasteiger partial charge is 0.159 e. The normalized spacial score (nSPS) is 25.8. The van der Waals surface area contributed by atoms with Crippen molar-refractivity contribution in [1.29, 1.82) is 0 Å². The quantitative estimate of drug-likeness (QED) is 0.680. The van der Waals surface area contributed by atoms with Crippen molar-refractivity contribution in [3.8, 4) is 0 Å². The van der Waals surface area contributed by atoms with Crippen LogP contribution in [0.3, 0.4) is 0 Å². The van der Waals surface area contributed by atoms with Gasteiger partial charge < -0.3 is 0 Å². The maximum atomic E-state index is 4.50. The van der Waals surface area contributed by atoms with Crippen molar-refractivity contribution in [2.75, 3.05) is 0 Å². The van der Waals surface area contributed by atoms with Crippen molar-refractivity contribution in [2.24, 2.45) is 0 Å². The van der Waals surface area contributed by atoms with Crippen molar-refractivity contribution in [3.63, 3.8) is 0 Å². The third kappa shape index (κ3) is 1.14. The van der Waals surface area contributed by atoms with E-state index in [9.17, 15) is 0 Å². The van der Waals surface area contributed by atoms with Crippen LogP contribution < -0.4 is 0 Å². The molecule has 12 heavy (non-hydrogen) atoms. The van der Waals surface area contributed by atoms with E-state index in [1.807, 2.05) is 0 Å². The maximum Gasteiger partial charge on any atom is 0.159 e. The van der Waals surface area contributed by atoms with E-state index in [1.54, 1.807) is 11.3 Å². The number of hydrogen-bond acceptors (Lipinski definition) is 2. The topological polar surface area (TPSA) is 12.9 Å². The fraction of sp³-hybridized carbons (Fsp3) is 0.667. The fourth-order valence-corrected chi connectivity index (χ4v) is 3.78. The highest BCUT2D eigenvalue weighted by molar-refractivity contribution is 9.11. The Kier molecular flexibility index (Phi) is 1.85. The van der Waals surface area contributed by atoms with Crippen LogP contribution in [-0.4, -0.2) is 4.98 Å². The Morgan fingerprint density at radius 3 is 2.83 bits per heavy atom. The summed E-state index contributed by atoms with van der Waals surface area (Å²) in [5, 5.41) is 0. The van der Waals surface area contributed by atoms with E-state index in [4.69, 9.17) is 0 Å². The van der Waals surface area contributed by atoms with Crippen LogP contribution in [0.15, 0.2) is 3.92 Å². The van der Waals surface area contributed by atoms with E-state index in [2.05, 4.69) is 41.7 Å². The van der Waals surface area contributed by atoms with Crippen molar-refractivity contribution in [2.45, 2.75) is 38.5 Å². The van der Waals surface area contributed by atoms with Gasteiger partial charge in [0.25, 0.3) is 0 Å². The summed E-state index contributed by atoms with van der Waals surface area (Å²) < 4.78 is 1.03. The lowest BCUT2D eigenvalue weighted by atomic mass is 9.91. The first-order valence-corrected chi connectivity index (χ1v) is 5.78. The van der Waals surface area contributed by atoms with Crippen LogP contribution in [0.4, 0.5) is 0 Å². The zero-order valence-corrected chi connectivity index (χ0v) is 9.92. The molecule has 0 fully saturated rings. The Morgan fingerprint density at radius 1 is 1.58 bits per heavy atom. The van der Waals surface area contributed by atoms with Crippen molar-refractivity contribution >= 4 is 27.3 Å². The molecule has 0 saturated carbocycles. The number of hydrogen-bond donors (Lipinski definition) is 0. The molecule has 0 amide bonds. The van der Waals surface area contributed by atoms with Gasteiger partial charge in [0.05, 0.1) is 5.69 Å². The Bertz CT molecular complexity index is 316. The highest BCUT2D eigenvalue weighted by atomic mass is 79.9. The molecule has 66 valence electrons. The SMILES string of the molecule is CC1CC(C)(C)c2sc(Br)nc21. The van der Waals surface area contributed by atoms with Gasteiger partial charge in [0.15, 0.2) is 3.92 Å². The zero-order chi connectivity index (χ0) is 8.93. The lowest BCUT2D eigenvalue weighted by molar-refractivity contribution is 0.493. The number of nitrogens with zero attached hydrogens (tertiary/aromatic N) is 1. The number of aromatic nitrogens is 1. The molecule has 0 spiro atoms. The van der Waals surface area contributed by atoms with Gasteiger partial charge in [-0.25, -0.2) is 4.98 Å². The van der Waals surface area contributed by atoms with Gasteiger partial charge in [0, 0.05) is 16.2 Å². The van der Waals surface area contributed by atoms with E-state index < -0.39 is 0 Å². The average molecular weight is 246 g/mol. The summed E-state index contributed by atoms with van der Waals surface area (Å²) in [6.45, 7) is 6.87. The molecular weight excluding hydrogens is 234 g/mol. The summed E-state index contributed by atoms with van der Waals surface area (Å²) in [4.78, 5) is 5.98. The Morgan fingerprint density at radius 2 is 2.25 bits per heavy atom. The van der Waals surface area contributed by atoms with Gasteiger partial charge >= 0.3 is 0 Å². The van der Waals surface area contributed by atoms with Crippen molar-refractivity contribution in [3.05, 3.63) is 14.5 Å². The number of fused-ring (bicyclic) bond motifs is 1. The lowest BCUT2D eigenvalue weighted by Gasteiger charge is -2.16. The molecule has 1 unspecified atom stereocenters. The van der Waals surface area contributed by atoms with Crippen LogP contribution in [0.1, 0.15) is 43.7 Å². The van der Waals surface area contributed by atoms with Gasteiger partial charge in [-0.15, -0.1) is 11.3 Å². The molecular formula is C9H12BrNS.